The van der Waals surface area contributed by atoms with Gasteiger partial charge in [-0.05, 0) is 56.7 Å². The molecule has 2 N–H and O–H groups in total. The van der Waals surface area contributed by atoms with Gasteiger partial charge in [0.05, 0.1) is 11.3 Å². The number of anilines is 1. The molecule has 2 heterocycles. The summed E-state index contributed by atoms with van der Waals surface area (Å²) < 4.78 is 2.03. The highest BCUT2D eigenvalue weighted by Crippen LogP contribution is 2.38. The Morgan fingerprint density at radius 1 is 1.05 bits per heavy atom. The number of benzene rings is 2. The number of rotatable bonds is 9. The van der Waals surface area contributed by atoms with Crippen molar-refractivity contribution in [3.63, 3.8) is 0 Å². The van der Waals surface area contributed by atoms with Crippen LogP contribution in [0.5, 0.6) is 0 Å². The molecule has 0 radical (unpaired) electrons. The van der Waals surface area contributed by atoms with Crippen molar-refractivity contribution >= 4 is 39.9 Å². The number of carbonyl (C=O) groups is 2. The maximum absolute atomic E-state index is 13.3. The molecule has 1 aliphatic rings. The van der Waals surface area contributed by atoms with E-state index < -0.39 is 0 Å². The van der Waals surface area contributed by atoms with E-state index in [9.17, 15) is 9.59 Å². The monoisotopic (exact) mass is 545 g/mol. The van der Waals surface area contributed by atoms with Crippen LogP contribution in [0.15, 0.2) is 59.8 Å². The fourth-order valence-electron chi connectivity index (χ4n) is 4.73. The maximum Gasteiger partial charge on any atom is 0.254 e. The molecule has 2 aromatic carbocycles. The van der Waals surface area contributed by atoms with Crippen LogP contribution in [0.2, 0.25) is 0 Å². The van der Waals surface area contributed by atoms with E-state index in [1.165, 1.54) is 28.0 Å². The largest absolute Gasteiger partial charge is 0.348 e. The van der Waals surface area contributed by atoms with Crippen molar-refractivity contribution in [3.05, 3.63) is 81.7 Å². The molecule has 9 heteroatoms. The van der Waals surface area contributed by atoms with Crippen LogP contribution < -0.4 is 10.6 Å². The summed E-state index contributed by atoms with van der Waals surface area (Å²) in [7, 11) is 0. The molecular weight excluding hydrogens is 514 g/mol. The van der Waals surface area contributed by atoms with Crippen LogP contribution in [-0.4, -0.2) is 32.3 Å². The Balaban J connectivity index is 1.29. The van der Waals surface area contributed by atoms with Crippen molar-refractivity contribution in [2.45, 2.75) is 57.8 Å². The highest BCUT2D eigenvalue weighted by Gasteiger charge is 2.26. The molecule has 7 nitrogen and oxygen atoms in total. The number of thiophene rings is 1. The Hall–Kier alpha value is -3.43. The standard InChI is InChI=1S/C29H31N5O2S2/c1-3-34-26(21-13-9-10-19(2)16-21)32-33-29(34)37-18-24(35)31-28-25(22-14-7-8-15-23(22)38-28)27(36)30-17-20-11-5-4-6-12-20/h4-6,9-13,16H,3,7-8,14-15,17-18H2,1-2H3,(H,30,36)(H,31,35). The van der Waals surface area contributed by atoms with Gasteiger partial charge in [-0.25, -0.2) is 0 Å². The minimum atomic E-state index is -0.159. The van der Waals surface area contributed by atoms with E-state index in [1.807, 2.05) is 54.0 Å². The van der Waals surface area contributed by atoms with E-state index in [0.717, 1.165) is 53.8 Å². The van der Waals surface area contributed by atoms with Crippen LogP contribution in [0.3, 0.4) is 0 Å². The van der Waals surface area contributed by atoms with Gasteiger partial charge >= 0.3 is 0 Å². The summed E-state index contributed by atoms with van der Waals surface area (Å²) in [6.45, 7) is 5.24. The lowest BCUT2D eigenvalue weighted by Crippen LogP contribution is -2.25. The summed E-state index contributed by atoms with van der Waals surface area (Å²) >= 11 is 2.89. The number of fused-ring (bicyclic) bond motifs is 1. The molecule has 0 saturated heterocycles. The highest BCUT2D eigenvalue weighted by molar-refractivity contribution is 7.99. The average Bonchev–Trinajstić information content (AvgIpc) is 3.52. The normalized spacial score (nSPS) is 12.7. The predicted octanol–water partition coefficient (Wildman–Crippen LogP) is 5.87. The number of hydrogen-bond acceptors (Lipinski definition) is 6. The van der Waals surface area contributed by atoms with Gasteiger partial charge < -0.3 is 15.2 Å². The van der Waals surface area contributed by atoms with Gasteiger partial charge in [-0.1, -0.05) is 65.9 Å². The number of aryl methyl sites for hydroxylation is 2. The first-order chi connectivity index (χ1) is 18.5. The Morgan fingerprint density at radius 2 is 1.87 bits per heavy atom. The fraction of sp³-hybridized carbons (Fsp3) is 0.310. The van der Waals surface area contributed by atoms with Gasteiger partial charge in [0.15, 0.2) is 11.0 Å². The Kier molecular flexibility index (Phi) is 8.24. The molecule has 1 aliphatic carbocycles. The first kappa shape index (κ1) is 26.2. The van der Waals surface area contributed by atoms with Crippen molar-refractivity contribution in [2.75, 3.05) is 11.1 Å². The number of hydrogen-bond donors (Lipinski definition) is 2. The van der Waals surface area contributed by atoms with Gasteiger partial charge in [-0.2, -0.15) is 0 Å². The van der Waals surface area contributed by atoms with Gasteiger partial charge in [0.25, 0.3) is 5.91 Å². The van der Waals surface area contributed by atoms with Gasteiger partial charge in [0.1, 0.15) is 5.00 Å². The van der Waals surface area contributed by atoms with Crippen molar-refractivity contribution in [1.29, 1.82) is 0 Å². The van der Waals surface area contributed by atoms with Gasteiger partial charge in [-0.15, -0.1) is 21.5 Å². The molecule has 0 saturated carbocycles. The molecule has 5 rings (SSSR count). The molecule has 196 valence electrons. The van der Waals surface area contributed by atoms with Crippen molar-refractivity contribution in [1.82, 2.24) is 20.1 Å². The van der Waals surface area contributed by atoms with Crippen LogP contribution in [0, 0.1) is 6.92 Å². The van der Waals surface area contributed by atoms with Crippen LogP contribution >= 0.6 is 23.1 Å². The second kappa shape index (κ2) is 12.0. The fourth-order valence-corrected chi connectivity index (χ4v) is 6.84. The van der Waals surface area contributed by atoms with E-state index in [4.69, 9.17) is 0 Å². The smallest absolute Gasteiger partial charge is 0.254 e. The number of amides is 2. The molecule has 38 heavy (non-hydrogen) atoms. The summed E-state index contributed by atoms with van der Waals surface area (Å²) in [6.07, 6.45) is 3.98. The number of carbonyl (C=O) groups excluding carboxylic acids is 2. The molecule has 0 aliphatic heterocycles. The maximum atomic E-state index is 13.3. The highest BCUT2D eigenvalue weighted by atomic mass is 32.2. The summed E-state index contributed by atoms with van der Waals surface area (Å²) in [5, 5.41) is 16.2. The summed E-state index contributed by atoms with van der Waals surface area (Å²) in [5.41, 5.74) is 4.91. The van der Waals surface area contributed by atoms with Crippen molar-refractivity contribution in [3.8, 4) is 11.4 Å². The second-order valence-corrected chi connectivity index (χ2v) is 11.4. The third-order valence-electron chi connectivity index (χ3n) is 6.59. The van der Waals surface area contributed by atoms with E-state index in [2.05, 4.69) is 39.9 Å². The van der Waals surface area contributed by atoms with Crippen LogP contribution in [0.4, 0.5) is 5.00 Å². The zero-order valence-electron chi connectivity index (χ0n) is 21.6. The predicted molar refractivity (Wildman–Crippen MR) is 154 cm³/mol. The van der Waals surface area contributed by atoms with Gasteiger partial charge in [-0.3, -0.25) is 9.59 Å². The zero-order valence-corrected chi connectivity index (χ0v) is 23.3. The third-order valence-corrected chi connectivity index (χ3v) is 8.76. The quantitative estimate of drug-likeness (QED) is 0.257. The average molecular weight is 546 g/mol. The first-order valence-electron chi connectivity index (χ1n) is 12.9. The minimum Gasteiger partial charge on any atom is -0.348 e. The van der Waals surface area contributed by atoms with Gasteiger partial charge in [0, 0.05) is 23.5 Å². The summed E-state index contributed by atoms with van der Waals surface area (Å²) in [5.74, 6) is 0.681. The summed E-state index contributed by atoms with van der Waals surface area (Å²) in [6, 6.07) is 18.0. The third kappa shape index (κ3) is 5.84. The molecule has 0 bridgehead atoms. The van der Waals surface area contributed by atoms with Crippen molar-refractivity contribution < 1.29 is 9.59 Å². The van der Waals surface area contributed by atoms with Crippen LogP contribution in [0.1, 0.15) is 51.7 Å². The molecule has 0 atom stereocenters. The zero-order chi connectivity index (χ0) is 26.5. The van der Waals surface area contributed by atoms with Crippen molar-refractivity contribution in [2.24, 2.45) is 0 Å². The van der Waals surface area contributed by atoms with Crippen LogP contribution in [-0.2, 0) is 30.7 Å². The SMILES string of the molecule is CCn1c(SCC(=O)Nc2sc3c(c2C(=O)NCc2ccccc2)CCCC3)nnc1-c1cccc(C)c1. The summed E-state index contributed by atoms with van der Waals surface area (Å²) in [4.78, 5) is 27.6. The molecule has 0 fully saturated rings. The molecular formula is C29H31N5O2S2. The molecule has 2 aromatic heterocycles. The Labute approximate surface area is 231 Å². The van der Waals surface area contributed by atoms with E-state index in [1.54, 1.807) is 0 Å². The minimum absolute atomic E-state index is 0.135. The lowest BCUT2D eigenvalue weighted by molar-refractivity contribution is -0.113. The Bertz CT molecular complexity index is 1440. The molecule has 2 amide bonds. The van der Waals surface area contributed by atoms with Crippen LogP contribution in [0.25, 0.3) is 11.4 Å². The van der Waals surface area contributed by atoms with E-state index in [-0.39, 0.29) is 17.6 Å². The van der Waals surface area contributed by atoms with Gasteiger partial charge in [0.2, 0.25) is 5.91 Å². The molecule has 0 spiro atoms. The number of thioether (sulfide) groups is 1. The lowest BCUT2D eigenvalue weighted by Gasteiger charge is -2.13. The van der Waals surface area contributed by atoms with E-state index >= 15 is 0 Å². The second-order valence-electron chi connectivity index (χ2n) is 9.34. The number of aromatic nitrogens is 3. The van der Waals surface area contributed by atoms with E-state index in [0.29, 0.717) is 28.8 Å². The Morgan fingerprint density at radius 3 is 2.66 bits per heavy atom. The molecule has 4 aromatic rings. The number of nitrogens with one attached hydrogen (secondary N) is 2. The first-order valence-corrected chi connectivity index (χ1v) is 14.7. The number of nitrogens with zero attached hydrogens (tertiary/aromatic N) is 3. The molecule has 0 unspecified atom stereocenters. The lowest BCUT2D eigenvalue weighted by atomic mass is 9.95. The topological polar surface area (TPSA) is 88.9 Å².